The quantitative estimate of drug-likeness (QED) is 0.797. The van der Waals surface area contributed by atoms with Gasteiger partial charge < -0.3 is 10.1 Å². The highest BCUT2D eigenvalue weighted by Crippen LogP contribution is 2.22. The van der Waals surface area contributed by atoms with Gasteiger partial charge in [-0.3, -0.25) is 0 Å². The summed E-state index contributed by atoms with van der Waals surface area (Å²) in [6.07, 6.45) is 2.83. The zero-order valence-corrected chi connectivity index (χ0v) is 8.64. The van der Waals surface area contributed by atoms with Gasteiger partial charge in [0.2, 0.25) is 0 Å². The first-order valence-electron chi connectivity index (χ1n) is 4.65. The highest BCUT2D eigenvalue weighted by molar-refractivity contribution is 7.07. The van der Waals surface area contributed by atoms with Crippen LogP contribution < -0.4 is 5.32 Å². The van der Waals surface area contributed by atoms with Gasteiger partial charge in [-0.2, -0.15) is 11.3 Å². The van der Waals surface area contributed by atoms with Gasteiger partial charge in [-0.1, -0.05) is 0 Å². The lowest BCUT2D eigenvalue weighted by Gasteiger charge is -2.34. The molecule has 0 radical (unpaired) electrons. The van der Waals surface area contributed by atoms with Crippen LogP contribution >= 0.6 is 11.3 Å². The number of ether oxygens (including phenoxy) is 1. The standard InChI is InChI=1S/C10H15NOS/c1-12-10-4-9(5-10)11-6-8-2-3-13-7-8/h2-3,7,9-11H,4-6H2,1H3. The van der Waals surface area contributed by atoms with Gasteiger partial charge in [0.15, 0.2) is 0 Å². The first-order valence-corrected chi connectivity index (χ1v) is 5.60. The Balaban J connectivity index is 1.65. The van der Waals surface area contributed by atoms with Crippen LogP contribution in [0.2, 0.25) is 0 Å². The van der Waals surface area contributed by atoms with E-state index in [-0.39, 0.29) is 0 Å². The van der Waals surface area contributed by atoms with Crippen molar-refractivity contribution in [1.29, 1.82) is 0 Å². The molecule has 1 heterocycles. The Labute approximate surface area is 82.9 Å². The van der Waals surface area contributed by atoms with Gasteiger partial charge in [0, 0.05) is 19.7 Å². The fourth-order valence-electron chi connectivity index (χ4n) is 1.58. The Morgan fingerprint density at radius 2 is 2.46 bits per heavy atom. The van der Waals surface area contributed by atoms with Gasteiger partial charge in [-0.25, -0.2) is 0 Å². The molecule has 1 aromatic heterocycles. The molecule has 72 valence electrons. The monoisotopic (exact) mass is 197 g/mol. The SMILES string of the molecule is COC1CC(NCc2ccsc2)C1. The maximum absolute atomic E-state index is 5.22. The van der Waals surface area contributed by atoms with Crippen molar-refractivity contribution in [2.75, 3.05) is 7.11 Å². The summed E-state index contributed by atoms with van der Waals surface area (Å²) in [7, 11) is 1.79. The van der Waals surface area contributed by atoms with Crippen molar-refractivity contribution in [1.82, 2.24) is 5.32 Å². The predicted molar refractivity (Wildman–Crippen MR) is 55.0 cm³/mol. The van der Waals surface area contributed by atoms with Crippen molar-refractivity contribution in [3.8, 4) is 0 Å². The van der Waals surface area contributed by atoms with Crippen molar-refractivity contribution in [2.45, 2.75) is 31.5 Å². The van der Waals surface area contributed by atoms with Crippen molar-refractivity contribution >= 4 is 11.3 Å². The average molecular weight is 197 g/mol. The average Bonchev–Trinajstić information content (AvgIpc) is 2.54. The van der Waals surface area contributed by atoms with E-state index < -0.39 is 0 Å². The van der Waals surface area contributed by atoms with Crippen LogP contribution in [0.3, 0.4) is 0 Å². The molecule has 0 spiro atoms. The topological polar surface area (TPSA) is 21.3 Å². The van der Waals surface area contributed by atoms with E-state index in [9.17, 15) is 0 Å². The maximum Gasteiger partial charge on any atom is 0.0601 e. The lowest BCUT2D eigenvalue weighted by molar-refractivity contribution is 0.0170. The summed E-state index contributed by atoms with van der Waals surface area (Å²) in [5, 5.41) is 7.83. The Bertz CT molecular complexity index is 241. The van der Waals surface area contributed by atoms with Crippen molar-refractivity contribution in [2.24, 2.45) is 0 Å². The van der Waals surface area contributed by atoms with Crippen LogP contribution in [0.4, 0.5) is 0 Å². The van der Waals surface area contributed by atoms with Crippen LogP contribution in [0, 0.1) is 0 Å². The van der Waals surface area contributed by atoms with Gasteiger partial charge >= 0.3 is 0 Å². The second kappa shape index (κ2) is 4.22. The largest absolute Gasteiger partial charge is 0.381 e. The van der Waals surface area contributed by atoms with Crippen molar-refractivity contribution in [3.05, 3.63) is 22.4 Å². The Morgan fingerprint density at radius 3 is 3.08 bits per heavy atom. The van der Waals surface area contributed by atoms with E-state index in [1.165, 1.54) is 18.4 Å². The van der Waals surface area contributed by atoms with Gasteiger partial charge in [-0.05, 0) is 35.2 Å². The van der Waals surface area contributed by atoms with E-state index in [2.05, 4.69) is 22.1 Å². The Hall–Kier alpha value is -0.380. The molecule has 1 aliphatic carbocycles. The highest BCUT2D eigenvalue weighted by atomic mass is 32.1. The first-order chi connectivity index (χ1) is 6.38. The molecule has 0 unspecified atom stereocenters. The summed E-state index contributed by atoms with van der Waals surface area (Å²) in [5.74, 6) is 0. The molecule has 3 heteroatoms. The molecule has 13 heavy (non-hydrogen) atoms. The predicted octanol–water partition coefficient (Wildman–Crippen LogP) is 2.02. The number of hydrogen-bond donors (Lipinski definition) is 1. The molecule has 1 saturated carbocycles. The molecule has 2 rings (SSSR count). The minimum Gasteiger partial charge on any atom is -0.381 e. The lowest BCUT2D eigenvalue weighted by atomic mass is 9.89. The van der Waals surface area contributed by atoms with E-state index >= 15 is 0 Å². The second-order valence-corrected chi connectivity index (χ2v) is 4.32. The van der Waals surface area contributed by atoms with Crippen molar-refractivity contribution < 1.29 is 4.74 Å². The molecule has 0 amide bonds. The smallest absolute Gasteiger partial charge is 0.0601 e. The van der Waals surface area contributed by atoms with Gasteiger partial charge in [-0.15, -0.1) is 0 Å². The van der Waals surface area contributed by atoms with Gasteiger partial charge in [0.1, 0.15) is 0 Å². The zero-order valence-electron chi connectivity index (χ0n) is 7.82. The summed E-state index contributed by atoms with van der Waals surface area (Å²) >= 11 is 1.76. The van der Waals surface area contributed by atoms with Crippen LogP contribution in [0.1, 0.15) is 18.4 Å². The van der Waals surface area contributed by atoms with E-state index in [1.54, 1.807) is 18.4 Å². The molecule has 0 aliphatic heterocycles. The minimum absolute atomic E-state index is 0.500. The molecule has 1 aromatic rings. The number of rotatable bonds is 4. The van der Waals surface area contributed by atoms with Gasteiger partial charge in [0.25, 0.3) is 0 Å². The molecular formula is C10H15NOS. The summed E-state index contributed by atoms with van der Waals surface area (Å²) < 4.78 is 5.22. The summed E-state index contributed by atoms with van der Waals surface area (Å²) in [6.45, 7) is 1.00. The van der Waals surface area contributed by atoms with Crippen molar-refractivity contribution in [3.63, 3.8) is 0 Å². The fraction of sp³-hybridized carbons (Fsp3) is 0.600. The molecule has 0 bridgehead atoms. The Morgan fingerprint density at radius 1 is 1.62 bits per heavy atom. The third-order valence-electron chi connectivity index (χ3n) is 2.60. The van der Waals surface area contributed by atoms with Crippen LogP contribution in [-0.2, 0) is 11.3 Å². The maximum atomic E-state index is 5.22. The summed E-state index contributed by atoms with van der Waals surface area (Å²) in [5.41, 5.74) is 1.39. The molecule has 0 saturated heterocycles. The molecule has 1 aliphatic rings. The van der Waals surface area contributed by atoms with Crippen LogP contribution in [0.15, 0.2) is 16.8 Å². The lowest BCUT2D eigenvalue weighted by Crippen LogP contribution is -2.44. The van der Waals surface area contributed by atoms with E-state index in [1.807, 2.05) is 0 Å². The highest BCUT2D eigenvalue weighted by Gasteiger charge is 2.28. The zero-order chi connectivity index (χ0) is 9.10. The molecule has 1 fully saturated rings. The normalized spacial score (nSPS) is 27.2. The minimum atomic E-state index is 0.500. The second-order valence-electron chi connectivity index (χ2n) is 3.54. The number of thiophene rings is 1. The number of methoxy groups -OCH3 is 1. The van der Waals surface area contributed by atoms with Crippen LogP contribution in [-0.4, -0.2) is 19.3 Å². The molecule has 0 aromatic carbocycles. The first kappa shape index (κ1) is 9.19. The van der Waals surface area contributed by atoms with Gasteiger partial charge in [0.05, 0.1) is 6.10 Å². The van der Waals surface area contributed by atoms with E-state index in [0.717, 1.165) is 6.54 Å². The van der Waals surface area contributed by atoms with E-state index in [4.69, 9.17) is 4.74 Å². The van der Waals surface area contributed by atoms with Crippen LogP contribution in [0.5, 0.6) is 0 Å². The Kier molecular flexibility index (Phi) is 2.98. The molecular weight excluding hydrogens is 182 g/mol. The molecule has 1 N–H and O–H groups in total. The van der Waals surface area contributed by atoms with E-state index in [0.29, 0.717) is 12.1 Å². The molecule has 0 atom stereocenters. The summed E-state index contributed by atoms with van der Waals surface area (Å²) in [4.78, 5) is 0. The molecule has 2 nitrogen and oxygen atoms in total. The fourth-order valence-corrected chi connectivity index (χ4v) is 2.25. The number of nitrogens with one attached hydrogen (secondary N) is 1. The van der Waals surface area contributed by atoms with Crippen LogP contribution in [0.25, 0.3) is 0 Å². The number of hydrogen-bond acceptors (Lipinski definition) is 3. The third kappa shape index (κ3) is 2.30. The third-order valence-corrected chi connectivity index (χ3v) is 3.34. The summed E-state index contributed by atoms with van der Waals surface area (Å²) in [6, 6.07) is 2.84.